The molecule has 102 valence electrons. The summed E-state index contributed by atoms with van der Waals surface area (Å²) in [6, 6.07) is 2.96. The van der Waals surface area contributed by atoms with E-state index in [9.17, 15) is 13.2 Å². The Morgan fingerprint density at radius 2 is 1.67 bits per heavy atom. The van der Waals surface area contributed by atoms with Crippen LogP contribution >= 0.6 is 34.8 Å². The van der Waals surface area contributed by atoms with Crippen LogP contribution in [0.15, 0.2) is 12.1 Å². The van der Waals surface area contributed by atoms with Gasteiger partial charge in [0.2, 0.25) is 0 Å². The Morgan fingerprint density at radius 1 is 1.11 bits per heavy atom. The first-order chi connectivity index (χ1) is 8.29. The number of halogens is 6. The van der Waals surface area contributed by atoms with E-state index in [1.165, 1.54) is 12.1 Å². The van der Waals surface area contributed by atoms with Crippen LogP contribution < -0.4 is 5.32 Å². The van der Waals surface area contributed by atoms with Crippen LogP contribution in [0, 0.1) is 0 Å². The number of rotatable bonds is 5. The summed E-state index contributed by atoms with van der Waals surface area (Å²) in [5.74, 6) is 0. The third kappa shape index (κ3) is 5.52. The number of hydrogen-bond acceptors (Lipinski definition) is 2. The maximum Gasteiger partial charge on any atom is 0.411 e. The Balaban J connectivity index is 2.41. The molecule has 0 amide bonds. The third-order valence-corrected chi connectivity index (χ3v) is 2.64. The zero-order valence-electron chi connectivity index (χ0n) is 8.95. The van der Waals surface area contributed by atoms with E-state index in [0.29, 0.717) is 20.8 Å². The second-order valence-corrected chi connectivity index (χ2v) is 4.59. The summed E-state index contributed by atoms with van der Waals surface area (Å²) < 4.78 is 39.8. The van der Waals surface area contributed by atoms with Gasteiger partial charge in [-0.05, 0) is 12.1 Å². The van der Waals surface area contributed by atoms with E-state index >= 15 is 0 Å². The Labute approximate surface area is 117 Å². The number of ether oxygens (including phenoxy) is 1. The fourth-order valence-corrected chi connectivity index (χ4v) is 2.10. The van der Waals surface area contributed by atoms with E-state index in [4.69, 9.17) is 34.8 Å². The molecule has 0 aliphatic carbocycles. The Hall–Kier alpha value is -0.360. The van der Waals surface area contributed by atoms with Crippen molar-refractivity contribution in [2.45, 2.75) is 6.18 Å². The molecule has 1 aromatic rings. The molecular weight excluding hydrogens is 313 g/mol. The molecule has 0 fully saturated rings. The van der Waals surface area contributed by atoms with Crippen molar-refractivity contribution in [3.8, 4) is 0 Å². The molecule has 0 heterocycles. The van der Waals surface area contributed by atoms with Gasteiger partial charge >= 0.3 is 6.18 Å². The predicted molar refractivity (Wildman–Crippen MR) is 66.8 cm³/mol. The minimum atomic E-state index is -4.32. The molecule has 0 unspecified atom stereocenters. The Bertz CT molecular complexity index is 389. The van der Waals surface area contributed by atoms with E-state index in [0.717, 1.165) is 0 Å². The van der Waals surface area contributed by atoms with E-state index < -0.39 is 12.8 Å². The van der Waals surface area contributed by atoms with Gasteiger partial charge in [-0.1, -0.05) is 34.8 Å². The van der Waals surface area contributed by atoms with Crippen molar-refractivity contribution in [3.05, 3.63) is 27.2 Å². The quantitative estimate of drug-likeness (QED) is 0.798. The van der Waals surface area contributed by atoms with E-state index in [1.807, 2.05) is 0 Å². The lowest BCUT2D eigenvalue weighted by atomic mass is 10.3. The molecule has 0 aliphatic rings. The standard InChI is InChI=1S/C10H9Cl3F3NO/c11-6-3-7(12)9(8(13)4-6)17-1-2-18-5-10(14,15)16/h3-4,17H,1-2,5H2. The molecule has 0 saturated heterocycles. The monoisotopic (exact) mass is 321 g/mol. The Kier molecular flexibility index (Phi) is 5.85. The number of benzene rings is 1. The van der Waals surface area contributed by atoms with Crippen molar-refractivity contribution in [2.24, 2.45) is 0 Å². The smallest absolute Gasteiger partial charge is 0.380 e. The van der Waals surface area contributed by atoms with Gasteiger partial charge in [-0.25, -0.2) is 0 Å². The minimum Gasteiger partial charge on any atom is -0.380 e. The third-order valence-electron chi connectivity index (χ3n) is 1.82. The molecular formula is C10H9Cl3F3NO. The number of nitrogens with one attached hydrogen (secondary N) is 1. The van der Waals surface area contributed by atoms with Gasteiger partial charge in [0.05, 0.1) is 22.3 Å². The van der Waals surface area contributed by atoms with Crippen LogP contribution in [0.1, 0.15) is 0 Å². The molecule has 0 saturated carbocycles. The lowest BCUT2D eigenvalue weighted by molar-refractivity contribution is -0.172. The minimum absolute atomic E-state index is 0.116. The summed E-state index contributed by atoms with van der Waals surface area (Å²) in [6.07, 6.45) is -4.32. The number of anilines is 1. The van der Waals surface area contributed by atoms with Crippen LogP contribution in [-0.2, 0) is 4.74 Å². The van der Waals surface area contributed by atoms with Crippen LogP contribution in [0.3, 0.4) is 0 Å². The maximum atomic E-state index is 11.8. The van der Waals surface area contributed by atoms with Crippen molar-refractivity contribution in [1.29, 1.82) is 0 Å². The van der Waals surface area contributed by atoms with E-state index in [1.54, 1.807) is 0 Å². The molecule has 0 bridgehead atoms. The van der Waals surface area contributed by atoms with Gasteiger partial charge in [-0.2, -0.15) is 13.2 Å². The van der Waals surface area contributed by atoms with E-state index in [2.05, 4.69) is 10.1 Å². The highest BCUT2D eigenvalue weighted by atomic mass is 35.5. The van der Waals surface area contributed by atoms with Crippen molar-refractivity contribution in [1.82, 2.24) is 0 Å². The summed E-state index contributed by atoms with van der Waals surface area (Å²) >= 11 is 17.4. The molecule has 0 radical (unpaired) electrons. The molecule has 0 spiro atoms. The van der Waals surface area contributed by atoms with Crippen LogP contribution in [0.2, 0.25) is 15.1 Å². The molecule has 0 atom stereocenters. The van der Waals surface area contributed by atoms with Crippen LogP contribution in [0.4, 0.5) is 18.9 Å². The topological polar surface area (TPSA) is 21.3 Å². The average Bonchev–Trinajstić information content (AvgIpc) is 2.19. The Morgan fingerprint density at radius 3 is 2.17 bits per heavy atom. The lowest BCUT2D eigenvalue weighted by Crippen LogP contribution is -2.20. The van der Waals surface area contributed by atoms with Crippen molar-refractivity contribution >= 4 is 40.5 Å². The van der Waals surface area contributed by atoms with Crippen LogP contribution in [0.25, 0.3) is 0 Å². The van der Waals surface area contributed by atoms with Gasteiger partial charge in [-0.15, -0.1) is 0 Å². The molecule has 1 N–H and O–H groups in total. The van der Waals surface area contributed by atoms with Crippen LogP contribution in [0.5, 0.6) is 0 Å². The second kappa shape index (κ2) is 6.70. The van der Waals surface area contributed by atoms with Crippen molar-refractivity contribution in [3.63, 3.8) is 0 Å². The summed E-state index contributed by atoms with van der Waals surface area (Å²) in [7, 11) is 0. The van der Waals surface area contributed by atoms with Crippen LogP contribution in [-0.4, -0.2) is 25.9 Å². The first kappa shape index (κ1) is 15.7. The molecule has 8 heteroatoms. The largest absolute Gasteiger partial charge is 0.411 e. The van der Waals surface area contributed by atoms with Gasteiger partial charge < -0.3 is 10.1 Å². The van der Waals surface area contributed by atoms with Crippen molar-refractivity contribution < 1.29 is 17.9 Å². The molecule has 18 heavy (non-hydrogen) atoms. The maximum absolute atomic E-state index is 11.8. The first-order valence-corrected chi connectivity index (χ1v) is 5.96. The van der Waals surface area contributed by atoms with Gasteiger partial charge in [0, 0.05) is 11.6 Å². The van der Waals surface area contributed by atoms with Gasteiger partial charge in [0.25, 0.3) is 0 Å². The zero-order valence-corrected chi connectivity index (χ0v) is 11.2. The fourth-order valence-electron chi connectivity index (χ4n) is 1.15. The van der Waals surface area contributed by atoms with E-state index in [-0.39, 0.29) is 13.2 Å². The van der Waals surface area contributed by atoms with Gasteiger partial charge in [0.15, 0.2) is 0 Å². The summed E-state index contributed by atoms with van der Waals surface area (Å²) in [6.45, 7) is -1.25. The lowest BCUT2D eigenvalue weighted by Gasteiger charge is -2.12. The highest BCUT2D eigenvalue weighted by molar-refractivity contribution is 6.41. The summed E-state index contributed by atoms with van der Waals surface area (Å²) in [5, 5.41) is 3.75. The highest BCUT2D eigenvalue weighted by Crippen LogP contribution is 2.33. The zero-order chi connectivity index (χ0) is 13.8. The molecule has 0 aromatic heterocycles. The predicted octanol–water partition coefficient (Wildman–Crippen LogP) is 4.64. The number of hydrogen-bond donors (Lipinski definition) is 1. The molecule has 1 rings (SSSR count). The second-order valence-electron chi connectivity index (χ2n) is 3.34. The highest BCUT2D eigenvalue weighted by Gasteiger charge is 2.27. The molecule has 1 aromatic carbocycles. The summed E-state index contributed by atoms with van der Waals surface area (Å²) in [5.41, 5.74) is 0.415. The number of alkyl halides is 3. The summed E-state index contributed by atoms with van der Waals surface area (Å²) in [4.78, 5) is 0. The van der Waals surface area contributed by atoms with Crippen molar-refractivity contribution in [2.75, 3.05) is 25.1 Å². The normalized spacial score (nSPS) is 11.7. The molecule has 2 nitrogen and oxygen atoms in total. The fraction of sp³-hybridized carbons (Fsp3) is 0.400. The van der Waals surface area contributed by atoms with Gasteiger partial charge in [0.1, 0.15) is 6.61 Å². The SMILES string of the molecule is FC(F)(F)COCCNc1c(Cl)cc(Cl)cc1Cl. The average molecular weight is 323 g/mol. The van der Waals surface area contributed by atoms with Gasteiger partial charge in [-0.3, -0.25) is 0 Å². The molecule has 0 aliphatic heterocycles. The first-order valence-electron chi connectivity index (χ1n) is 4.82.